The fourth-order valence-corrected chi connectivity index (χ4v) is 2.08. The van der Waals surface area contributed by atoms with Crippen molar-refractivity contribution in [1.29, 1.82) is 0 Å². The fourth-order valence-electron chi connectivity index (χ4n) is 2.08. The molecular weight excluding hydrogens is 290 g/mol. The lowest BCUT2D eigenvalue weighted by Crippen LogP contribution is -2.22. The molecule has 5 nitrogen and oxygen atoms in total. The third-order valence-corrected chi connectivity index (χ3v) is 3.22. The average molecular weight is 313 g/mol. The molecule has 2 aromatic rings. The predicted octanol–water partition coefficient (Wildman–Crippen LogP) is 3.42. The van der Waals surface area contributed by atoms with Crippen molar-refractivity contribution in [3.8, 4) is 11.5 Å². The number of aromatic hydroxyl groups is 1. The van der Waals surface area contributed by atoms with Crippen LogP contribution in [0.1, 0.15) is 24.5 Å². The van der Waals surface area contributed by atoms with Crippen LogP contribution in [0.2, 0.25) is 0 Å². The molecule has 0 bridgehead atoms. The maximum atomic E-state index is 9.44. The van der Waals surface area contributed by atoms with Crippen molar-refractivity contribution >= 4 is 11.6 Å². The summed E-state index contributed by atoms with van der Waals surface area (Å²) in [7, 11) is 0. The zero-order valence-electron chi connectivity index (χ0n) is 13.5. The Morgan fingerprint density at radius 3 is 2.83 bits per heavy atom. The normalized spacial score (nSPS) is 11.3. The topological polar surface area (TPSA) is 79.9 Å². The van der Waals surface area contributed by atoms with Gasteiger partial charge in [-0.05, 0) is 37.1 Å². The van der Waals surface area contributed by atoms with Crippen LogP contribution in [0.25, 0.3) is 0 Å². The van der Waals surface area contributed by atoms with Gasteiger partial charge in [-0.15, -0.1) is 0 Å². The van der Waals surface area contributed by atoms with E-state index in [9.17, 15) is 5.11 Å². The van der Waals surface area contributed by atoms with E-state index in [1.165, 1.54) is 0 Å². The molecule has 0 heterocycles. The third-order valence-electron chi connectivity index (χ3n) is 3.22. The van der Waals surface area contributed by atoms with Crippen LogP contribution in [0.4, 0.5) is 5.69 Å². The van der Waals surface area contributed by atoms with E-state index in [4.69, 9.17) is 10.5 Å². The highest BCUT2D eigenvalue weighted by molar-refractivity contribution is 5.92. The summed E-state index contributed by atoms with van der Waals surface area (Å²) in [5, 5.41) is 12.4. The first-order valence-corrected chi connectivity index (χ1v) is 7.66. The molecule has 0 spiro atoms. The number of nitrogens with zero attached hydrogens (tertiary/aromatic N) is 1. The van der Waals surface area contributed by atoms with Crippen LogP contribution >= 0.6 is 0 Å². The van der Waals surface area contributed by atoms with Gasteiger partial charge in [0.05, 0.1) is 13.2 Å². The molecule has 4 N–H and O–H groups in total. The molecule has 0 aliphatic heterocycles. The maximum absolute atomic E-state index is 9.44. The molecule has 0 saturated carbocycles. The lowest BCUT2D eigenvalue weighted by molar-refractivity contribution is 0.314. The second-order valence-corrected chi connectivity index (χ2v) is 5.34. The van der Waals surface area contributed by atoms with E-state index in [0.29, 0.717) is 18.8 Å². The van der Waals surface area contributed by atoms with E-state index in [2.05, 4.69) is 17.2 Å². The molecule has 5 heteroatoms. The zero-order valence-corrected chi connectivity index (χ0v) is 13.5. The van der Waals surface area contributed by atoms with E-state index in [-0.39, 0.29) is 11.7 Å². The van der Waals surface area contributed by atoms with Crippen molar-refractivity contribution in [3.05, 3.63) is 53.6 Å². The second kappa shape index (κ2) is 8.08. The summed E-state index contributed by atoms with van der Waals surface area (Å²) >= 11 is 0. The Labute approximate surface area is 136 Å². The molecule has 0 radical (unpaired) electrons. The SMILES string of the molecule is CCCOc1cc(C)ccc1CN=C(N)Nc1cccc(O)c1. The number of rotatable bonds is 6. The minimum Gasteiger partial charge on any atom is -0.508 e. The molecule has 0 unspecified atom stereocenters. The van der Waals surface area contributed by atoms with Crippen molar-refractivity contribution in [2.75, 3.05) is 11.9 Å². The van der Waals surface area contributed by atoms with Gasteiger partial charge < -0.3 is 20.9 Å². The molecule has 0 aliphatic carbocycles. The van der Waals surface area contributed by atoms with Crippen LogP contribution in [0.15, 0.2) is 47.5 Å². The van der Waals surface area contributed by atoms with Crippen LogP contribution in [0, 0.1) is 6.92 Å². The Morgan fingerprint density at radius 2 is 2.09 bits per heavy atom. The molecule has 122 valence electrons. The second-order valence-electron chi connectivity index (χ2n) is 5.34. The van der Waals surface area contributed by atoms with Gasteiger partial charge in [-0.1, -0.05) is 25.1 Å². The number of phenolic OH excluding ortho intramolecular Hbond substituents is 1. The molecule has 2 rings (SSSR count). The standard InChI is InChI=1S/C18H23N3O2/c1-3-9-23-17-10-13(2)7-8-14(17)12-20-18(19)21-15-5-4-6-16(22)11-15/h4-8,10-11,22H,3,9,12H2,1-2H3,(H3,19,20,21). The minimum atomic E-state index is 0.177. The van der Waals surface area contributed by atoms with Gasteiger partial charge in [0.15, 0.2) is 5.96 Å². The fraction of sp³-hybridized carbons (Fsp3) is 0.278. The molecule has 0 amide bonds. The number of nitrogens with one attached hydrogen (secondary N) is 1. The molecule has 0 saturated heterocycles. The lowest BCUT2D eigenvalue weighted by atomic mass is 10.1. The van der Waals surface area contributed by atoms with Gasteiger partial charge in [-0.3, -0.25) is 0 Å². The van der Waals surface area contributed by atoms with Gasteiger partial charge in [0.25, 0.3) is 0 Å². The molecule has 0 fully saturated rings. The Morgan fingerprint density at radius 1 is 1.26 bits per heavy atom. The first-order chi connectivity index (χ1) is 11.1. The highest BCUT2D eigenvalue weighted by atomic mass is 16.5. The predicted molar refractivity (Wildman–Crippen MR) is 94.0 cm³/mol. The Bertz CT molecular complexity index is 684. The maximum Gasteiger partial charge on any atom is 0.193 e. The number of hydrogen-bond donors (Lipinski definition) is 3. The van der Waals surface area contributed by atoms with Crippen molar-refractivity contribution < 1.29 is 9.84 Å². The van der Waals surface area contributed by atoms with E-state index in [1.807, 2.05) is 31.2 Å². The van der Waals surface area contributed by atoms with E-state index >= 15 is 0 Å². The van der Waals surface area contributed by atoms with Gasteiger partial charge in [0, 0.05) is 17.3 Å². The van der Waals surface area contributed by atoms with Gasteiger partial charge >= 0.3 is 0 Å². The summed E-state index contributed by atoms with van der Waals surface area (Å²) in [5.74, 6) is 1.31. The minimum absolute atomic E-state index is 0.177. The van der Waals surface area contributed by atoms with Crippen molar-refractivity contribution in [1.82, 2.24) is 0 Å². The molecule has 0 aliphatic rings. The number of anilines is 1. The van der Waals surface area contributed by atoms with E-state index < -0.39 is 0 Å². The van der Waals surface area contributed by atoms with Gasteiger partial charge in [-0.25, -0.2) is 4.99 Å². The number of hydrogen-bond acceptors (Lipinski definition) is 3. The van der Waals surface area contributed by atoms with Crippen LogP contribution in [-0.2, 0) is 6.54 Å². The van der Waals surface area contributed by atoms with E-state index in [0.717, 1.165) is 23.3 Å². The first kappa shape index (κ1) is 16.7. The summed E-state index contributed by atoms with van der Waals surface area (Å²) in [6.07, 6.45) is 0.956. The smallest absolute Gasteiger partial charge is 0.193 e. The Hall–Kier alpha value is -2.69. The average Bonchev–Trinajstić information content (AvgIpc) is 2.52. The summed E-state index contributed by atoms with van der Waals surface area (Å²) in [4.78, 5) is 4.34. The van der Waals surface area contributed by atoms with Crippen LogP contribution in [0.3, 0.4) is 0 Å². The number of aryl methyl sites for hydroxylation is 1. The largest absolute Gasteiger partial charge is 0.508 e. The Balaban J connectivity index is 2.06. The number of phenols is 1. The quantitative estimate of drug-likeness (QED) is 0.564. The first-order valence-electron chi connectivity index (χ1n) is 7.66. The molecular formula is C18H23N3O2. The van der Waals surface area contributed by atoms with Crippen LogP contribution < -0.4 is 15.8 Å². The monoisotopic (exact) mass is 313 g/mol. The van der Waals surface area contributed by atoms with Crippen molar-refractivity contribution in [3.63, 3.8) is 0 Å². The number of aliphatic imine (C=N–C) groups is 1. The highest BCUT2D eigenvalue weighted by Gasteiger charge is 2.04. The number of nitrogens with two attached hydrogens (primary N) is 1. The van der Waals surface area contributed by atoms with Gasteiger partial charge in [0.1, 0.15) is 11.5 Å². The van der Waals surface area contributed by atoms with Crippen molar-refractivity contribution in [2.24, 2.45) is 10.7 Å². The molecule has 23 heavy (non-hydrogen) atoms. The Kier molecular flexibility index (Phi) is 5.86. The van der Waals surface area contributed by atoms with E-state index in [1.54, 1.807) is 18.2 Å². The van der Waals surface area contributed by atoms with Gasteiger partial charge in [0.2, 0.25) is 0 Å². The lowest BCUT2D eigenvalue weighted by Gasteiger charge is -2.11. The molecule has 0 aromatic heterocycles. The summed E-state index contributed by atoms with van der Waals surface area (Å²) < 4.78 is 5.77. The third kappa shape index (κ3) is 5.21. The van der Waals surface area contributed by atoms with Crippen molar-refractivity contribution in [2.45, 2.75) is 26.8 Å². The number of guanidine groups is 1. The number of ether oxygens (including phenoxy) is 1. The number of benzene rings is 2. The van der Waals surface area contributed by atoms with Crippen LogP contribution in [0.5, 0.6) is 11.5 Å². The summed E-state index contributed by atoms with van der Waals surface area (Å²) in [6.45, 7) is 5.21. The summed E-state index contributed by atoms with van der Waals surface area (Å²) in [5.41, 5.74) is 8.73. The highest BCUT2D eigenvalue weighted by Crippen LogP contribution is 2.21. The molecule has 2 aromatic carbocycles. The van der Waals surface area contributed by atoms with Crippen LogP contribution in [-0.4, -0.2) is 17.7 Å². The van der Waals surface area contributed by atoms with Gasteiger partial charge in [-0.2, -0.15) is 0 Å². The zero-order chi connectivity index (χ0) is 16.7. The summed E-state index contributed by atoms with van der Waals surface area (Å²) in [6, 6.07) is 12.8. The molecule has 0 atom stereocenters.